The highest BCUT2D eigenvalue weighted by Gasteiger charge is 2.01. The molecule has 0 aromatic carbocycles. The van der Waals surface area contributed by atoms with Gasteiger partial charge in [-0.15, -0.1) is 8.20 Å². The summed E-state index contributed by atoms with van der Waals surface area (Å²) in [6.07, 6.45) is 0. The minimum atomic E-state index is 0.413. The van der Waals surface area contributed by atoms with E-state index < -0.39 is 0 Å². The third kappa shape index (κ3) is 6.17. The summed E-state index contributed by atoms with van der Waals surface area (Å²) >= 11 is 0. The summed E-state index contributed by atoms with van der Waals surface area (Å²) in [6.45, 7) is 8.78. The summed E-state index contributed by atoms with van der Waals surface area (Å²) < 4.78 is 0. The van der Waals surface area contributed by atoms with Crippen LogP contribution in [0.25, 0.3) is 0 Å². The molecule has 0 saturated carbocycles. The molecule has 0 amide bonds. The van der Waals surface area contributed by atoms with Crippen molar-refractivity contribution in [1.82, 2.24) is 0 Å². The van der Waals surface area contributed by atoms with Gasteiger partial charge in [-0.3, -0.25) is 0 Å². The van der Waals surface area contributed by atoms with E-state index in [0.717, 1.165) is 0 Å². The fourth-order valence-corrected chi connectivity index (χ4v) is 1.16. The molecule has 0 heterocycles. The molecule has 0 aromatic rings. The molecule has 0 aromatic heterocycles. The van der Waals surface area contributed by atoms with E-state index in [1.165, 1.54) is 8.20 Å². The Bertz CT molecular complexity index is 66.7. The van der Waals surface area contributed by atoms with Gasteiger partial charge in [-0.1, -0.05) is 26.6 Å². The lowest BCUT2D eigenvalue weighted by Crippen LogP contribution is -2.03. The molecule has 0 aliphatic heterocycles. The van der Waals surface area contributed by atoms with Gasteiger partial charge < -0.3 is 0 Å². The van der Waals surface area contributed by atoms with E-state index >= 15 is 0 Å². The standard InChI is InChI=1S/C6H13P/c1-6(2,3)5-7-4/h5H,1-4H3. The van der Waals surface area contributed by atoms with Gasteiger partial charge in [0.1, 0.15) is 0 Å². The Balaban J connectivity index is 3.56. The SMILES string of the molecule is CP=CC(C)(C)C. The van der Waals surface area contributed by atoms with Gasteiger partial charge in [0, 0.05) is 0 Å². The summed E-state index contributed by atoms with van der Waals surface area (Å²) in [7, 11) is 1.38. The number of hydrogen-bond acceptors (Lipinski definition) is 0. The maximum Gasteiger partial charge on any atom is -0.0160 e. The lowest BCUT2D eigenvalue weighted by molar-refractivity contribution is 0.615. The molecule has 0 aliphatic carbocycles. The van der Waals surface area contributed by atoms with E-state index in [0.29, 0.717) is 5.41 Å². The summed E-state index contributed by atoms with van der Waals surface area (Å²) in [6, 6.07) is 0. The van der Waals surface area contributed by atoms with Crippen molar-refractivity contribution < 1.29 is 0 Å². The second kappa shape index (κ2) is 2.47. The third-order valence-corrected chi connectivity index (χ3v) is 1.55. The van der Waals surface area contributed by atoms with Crippen LogP contribution in [0.3, 0.4) is 0 Å². The highest BCUT2D eigenvalue weighted by Crippen LogP contribution is 2.10. The molecular formula is C6H13P. The zero-order valence-electron chi connectivity index (χ0n) is 5.52. The Morgan fingerprint density at radius 2 is 1.71 bits per heavy atom. The van der Waals surface area contributed by atoms with Crippen LogP contribution in [0.5, 0.6) is 0 Å². The van der Waals surface area contributed by atoms with Crippen LogP contribution in [0, 0.1) is 5.41 Å². The third-order valence-electron chi connectivity index (χ3n) is 0.516. The van der Waals surface area contributed by atoms with Gasteiger partial charge >= 0.3 is 0 Å². The maximum absolute atomic E-state index is 2.28. The zero-order chi connectivity index (χ0) is 5.91. The first-order valence-corrected chi connectivity index (χ1v) is 3.90. The van der Waals surface area contributed by atoms with Crippen molar-refractivity contribution in [2.75, 3.05) is 6.66 Å². The molecule has 0 unspecified atom stereocenters. The van der Waals surface area contributed by atoms with E-state index in [1.54, 1.807) is 0 Å². The minimum Gasteiger partial charge on any atom is -0.112 e. The van der Waals surface area contributed by atoms with Gasteiger partial charge in [-0.05, 0) is 12.1 Å². The molecule has 0 atom stereocenters. The van der Waals surface area contributed by atoms with Crippen molar-refractivity contribution in [1.29, 1.82) is 0 Å². The Hall–Kier alpha value is 0.170. The van der Waals surface area contributed by atoms with Gasteiger partial charge in [-0.2, -0.15) is 0 Å². The highest BCUT2D eigenvalue weighted by atomic mass is 31.1. The molecule has 0 saturated heterocycles. The predicted octanol–water partition coefficient (Wildman–Crippen LogP) is 2.41. The monoisotopic (exact) mass is 116 g/mol. The lowest BCUT2D eigenvalue weighted by atomic mass is 10.0. The quantitative estimate of drug-likeness (QED) is 0.426. The molecule has 42 valence electrons. The molecular weight excluding hydrogens is 103 g/mol. The molecule has 0 nitrogen and oxygen atoms in total. The first-order valence-electron chi connectivity index (χ1n) is 2.49. The molecule has 7 heavy (non-hydrogen) atoms. The van der Waals surface area contributed by atoms with E-state index in [-0.39, 0.29) is 0 Å². The van der Waals surface area contributed by atoms with Crippen molar-refractivity contribution in [2.45, 2.75) is 20.8 Å². The van der Waals surface area contributed by atoms with Crippen molar-refractivity contribution >= 4 is 14.0 Å². The molecule has 0 bridgehead atoms. The molecule has 0 rings (SSSR count). The van der Waals surface area contributed by atoms with Crippen molar-refractivity contribution in [2.24, 2.45) is 5.41 Å². The predicted molar refractivity (Wildman–Crippen MR) is 38.4 cm³/mol. The van der Waals surface area contributed by atoms with Crippen LogP contribution in [0.15, 0.2) is 0 Å². The van der Waals surface area contributed by atoms with Crippen molar-refractivity contribution in [3.05, 3.63) is 0 Å². The Morgan fingerprint density at radius 3 is 1.71 bits per heavy atom. The molecule has 1 heteroatoms. The molecule has 0 radical (unpaired) electrons. The van der Waals surface area contributed by atoms with E-state index in [4.69, 9.17) is 0 Å². The van der Waals surface area contributed by atoms with Crippen molar-refractivity contribution in [3.63, 3.8) is 0 Å². The van der Waals surface area contributed by atoms with Crippen LogP contribution in [0.1, 0.15) is 20.8 Å². The van der Waals surface area contributed by atoms with Crippen LogP contribution in [-0.4, -0.2) is 12.5 Å². The Labute approximate surface area is 47.7 Å². The van der Waals surface area contributed by atoms with Gasteiger partial charge in [0.2, 0.25) is 0 Å². The number of hydrogen-bond donors (Lipinski definition) is 0. The van der Waals surface area contributed by atoms with E-state index in [1.807, 2.05) is 0 Å². The highest BCUT2D eigenvalue weighted by molar-refractivity contribution is 7.37. The van der Waals surface area contributed by atoms with Gasteiger partial charge in [0.05, 0.1) is 0 Å². The average molecular weight is 116 g/mol. The minimum absolute atomic E-state index is 0.413. The molecule has 0 fully saturated rings. The van der Waals surface area contributed by atoms with Gasteiger partial charge in [-0.25, -0.2) is 0 Å². The van der Waals surface area contributed by atoms with Crippen LogP contribution in [0.2, 0.25) is 0 Å². The van der Waals surface area contributed by atoms with Gasteiger partial charge in [0.15, 0.2) is 0 Å². The zero-order valence-corrected chi connectivity index (χ0v) is 6.42. The molecule has 0 aliphatic rings. The topological polar surface area (TPSA) is 0 Å². The fraction of sp³-hybridized carbons (Fsp3) is 0.833. The average Bonchev–Trinajstić information content (AvgIpc) is 1.30. The number of rotatable bonds is 0. The van der Waals surface area contributed by atoms with Crippen molar-refractivity contribution in [3.8, 4) is 0 Å². The lowest BCUT2D eigenvalue weighted by Gasteiger charge is -2.08. The first kappa shape index (κ1) is 7.17. The van der Waals surface area contributed by atoms with Crippen LogP contribution in [0.4, 0.5) is 0 Å². The second-order valence-corrected chi connectivity index (χ2v) is 3.53. The molecule has 0 spiro atoms. The Morgan fingerprint density at radius 1 is 1.29 bits per heavy atom. The normalized spacial score (nSPS) is 13.1. The summed E-state index contributed by atoms with van der Waals surface area (Å²) in [5, 5.41) is 0. The fourth-order valence-electron chi connectivity index (χ4n) is 0.387. The second-order valence-electron chi connectivity index (χ2n) is 2.75. The van der Waals surface area contributed by atoms with E-state index in [9.17, 15) is 0 Å². The van der Waals surface area contributed by atoms with Crippen LogP contribution >= 0.6 is 8.20 Å². The Kier molecular flexibility index (Phi) is 2.53. The summed E-state index contributed by atoms with van der Waals surface area (Å²) in [5.74, 6) is 2.28. The molecule has 0 N–H and O–H groups in total. The van der Waals surface area contributed by atoms with Crippen LogP contribution < -0.4 is 0 Å². The maximum atomic E-state index is 2.28. The first-order chi connectivity index (χ1) is 3.06. The van der Waals surface area contributed by atoms with E-state index in [2.05, 4.69) is 33.2 Å². The smallest absolute Gasteiger partial charge is 0.0160 e. The van der Waals surface area contributed by atoms with Gasteiger partial charge in [0.25, 0.3) is 0 Å². The summed E-state index contributed by atoms with van der Waals surface area (Å²) in [5.41, 5.74) is 0.413. The largest absolute Gasteiger partial charge is 0.112 e. The summed E-state index contributed by atoms with van der Waals surface area (Å²) in [4.78, 5) is 0. The van der Waals surface area contributed by atoms with Crippen LogP contribution in [-0.2, 0) is 0 Å².